The van der Waals surface area contributed by atoms with Crippen LogP contribution in [0.15, 0.2) is 18.2 Å². The Morgan fingerprint density at radius 2 is 1.44 bits per heavy atom. The lowest BCUT2D eigenvalue weighted by atomic mass is 9.87. The summed E-state index contributed by atoms with van der Waals surface area (Å²) < 4.78 is 21.7. The minimum atomic E-state index is -0.336. The lowest BCUT2D eigenvalue weighted by Crippen LogP contribution is -2.45. The molecule has 0 atom stereocenters. The van der Waals surface area contributed by atoms with E-state index in [-0.39, 0.29) is 18.2 Å². The number of carbonyl (C=O) groups excluding carboxylic acids is 1. The number of methoxy groups -OCH3 is 3. The fourth-order valence-corrected chi connectivity index (χ4v) is 4.90. The predicted octanol–water partition coefficient (Wildman–Crippen LogP) is 3.82. The number of hydrogen-bond acceptors (Lipinski definition) is 7. The fourth-order valence-electron chi connectivity index (χ4n) is 4.90. The number of carbonyl (C=O) groups is 1. The molecule has 2 aliphatic carbocycles. The van der Waals surface area contributed by atoms with Crippen molar-refractivity contribution in [3.63, 3.8) is 0 Å². The molecule has 32 heavy (non-hydrogen) atoms. The van der Waals surface area contributed by atoms with Gasteiger partial charge in [-0.15, -0.1) is 0 Å². The highest BCUT2D eigenvalue weighted by molar-refractivity contribution is 5.87. The summed E-state index contributed by atoms with van der Waals surface area (Å²) in [5.74, 6) is 1.25. The van der Waals surface area contributed by atoms with E-state index in [9.17, 15) is 9.90 Å². The van der Waals surface area contributed by atoms with Gasteiger partial charge in [-0.3, -0.25) is 0 Å². The van der Waals surface area contributed by atoms with Gasteiger partial charge < -0.3 is 29.0 Å². The summed E-state index contributed by atoms with van der Waals surface area (Å²) in [7, 11) is 6.88. The molecule has 0 aromatic heterocycles. The van der Waals surface area contributed by atoms with Crippen LogP contribution in [-0.4, -0.2) is 68.6 Å². The number of benzene rings is 1. The van der Waals surface area contributed by atoms with Gasteiger partial charge in [0.25, 0.3) is 0 Å². The average molecular weight is 448 g/mol. The maximum atomic E-state index is 12.4. The first-order valence-corrected chi connectivity index (χ1v) is 11.5. The molecule has 2 aliphatic rings. The van der Waals surface area contributed by atoms with Crippen molar-refractivity contribution in [3.8, 4) is 17.2 Å². The summed E-state index contributed by atoms with van der Waals surface area (Å²) in [4.78, 5) is 14.9. The van der Waals surface area contributed by atoms with Crippen LogP contribution in [-0.2, 0) is 9.53 Å². The Labute approximate surface area is 191 Å². The van der Waals surface area contributed by atoms with Crippen LogP contribution in [0.3, 0.4) is 0 Å². The molecule has 7 nitrogen and oxygen atoms in total. The third kappa shape index (κ3) is 6.17. The van der Waals surface area contributed by atoms with Crippen molar-refractivity contribution in [2.45, 2.75) is 75.7 Å². The number of aliphatic hydroxyl groups excluding tert-OH is 1. The summed E-state index contributed by atoms with van der Waals surface area (Å²) in [5, 5.41) is 9.74. The van der Waals surface area contributed by atoms with Crippen molar-refractivity contribution >= 4 is 12.0 Å². The van der Waals surface area contributed by atoms with Crippen molar-refractivity contribution in [1.82, 2.24) is 4.90 Å². The molecule has 0 spiro atoms. The van der Waals surface area contributed by atoms with E-state index in [1.54, 1.807) is 39.5 Å². The van der Waals surface area contributed by atoms with E-state index in [1.165, 1.54) is 6.08 Å². The van der Waals surface area contributed by atoms with E-state index in [0.29, 0.717) is 29.3 Å². The van der Waals surface area contributed by atoms with Crippen molar-refractivity contribution < 1.29 is 28.8 Å². The second-order valence-corrected chi connectivity index (χ2v) is 8.79. The van der Waals surface area contributed by atoms with Crippen molar-refractivity contribution in [3.05, 3.63) is 23.8 Å². The third-order valence-corrected chi connectivity index (χ3v) is 6.84. The average Bonchev–Trinajstić information content (AvgIpc) is 2.82. The Morgan fingerprint density at radius 1 is 0.906 bits per heavy atom. The highest BCUT2D eigenvalue weighted by atomic mass is 16.5. The lowest BCUT2D eigenvalue weighted by molar-refractivity contribution is -0.145. The van der Waals surface area contributed by atoms with E-state index >= 15 is 0 Å². The second-order valence-electron chi connectivity index (χ2n) is 8.79. The summed E-state index contributed by atoms with van der Waals surface area (Å²) >= 11 is 0. The zero-order chi connectivity index (χ0) is 23.1. The zero-order valence-corrected chi connectivity index (χ0v) is 19.7. The van der Waals surface area contributed by atoms with Gasteiger partial charge in [0.15, 0.2) is 11.5 Å². The van der Waals surface area contributed by atoms with Gasteiger partial charge in [0, 0.05) is 18.2 Å². The molecule has 0 unspecified atom stereocenters. The first-order chi connectivity index (χ1) is 15.4. The fraction of sp³-hybridized carbons (Fsp3) is 0.640. The van der Waals surface area contributed by atoms with Crippen LogP contribution >= 0.6 is 0 Å². The molecule has 2 fully saturated rings. The molecular weight excluding hydrogens is 410 g/mol. The molecule has 2 saturated carbocycles. The Kier molecular flexibility index (Phi) is 8.82. The standard InChI is InChI=1S/C25H37NO6/c1-26(18-6-10-20(27)11-7-18)19-8-12-21(13-9-19)32-24(28)14-5-17-15-22(29-2)25(31-4)23(16-17)30-3/h5,14-16,18-21,27H,6-13H2,1-4H3/b14-5+. The van der Waals surface area contributed by atoms with Crippen LogP contribution < -0.4 is 14.2 Å². The van der Waals surface area contributed by atoms with Crippen LogP contribution in [0.1, 0.15) is 56.9 Å². The Hall–Kier alpha value is -2.25. The van der Waals surface area contributed by atoms with Crippen LogP contribution in [0.2, 0.25) is 0 Å². The molecule has 0 saturated heterocycles. The molecule has 0 aliphatic heterocycles. The molecule has 1 aromatic carbocycles. The quantitative estimate of drug-likeness (QED) is 0.480. The molecule has 178 valence electrons. The highest BCUT2D eigenvalue weighted by Crippen LogP contribution is 2.38. The Bertz CT molecular complexity index is 754. The predicted molar refractivity (Wildman–Crippen MR) is 123 cm³/mol. The summed E-state index contributed by atoms with van der Waals surface area (Å²) in [6.07, 6.45) is 10.8. The molecule has 0 bridgehead atoms. The minimum absolute atomic E-state index is 0.0371. The van der Waals surface area contributed by atoms with E-state index in [2.05, 4.69) is 11.9 Å². The number of esters is 1. The Morgan fingerprint density at radius 3 is 1.94 bits per heavy atom. The molecule has 3 rings (SSSR count). The van der Waals surface area contributed by atoms with Crippen molar-refractivity contribution in [2.24, 2.45) is 0 Å². The van der Waals surface area contributed by atoms with E-state index in [4.69, 9.17) is 18.9 Å². The number of hydrogen-bond donors (Lipinski definition) is 1. The van der Waals surface area contributed by atoms with E-state index < -0.39 is 0 Å². The van der Waals surface area contributed by atoms with Gasteiger partial charge in [0.05, 0.1) is 27.4 Å². The summed E-state index contributed by atoms with van der Waals surface area (Å²) in [6.45, 7) is 0. The topological polar surface area (TPSA) is 77.5 Å². The van der Waals surface area contributed by atoms with Gasteiger partial charge in [-0.2, -0.15) is 0 Å². The molecule has 0 heterocycles. The number of rotatable bonds is 8. The molecule has 1 aromatic rings. The van der Waals surface area contributed by atoms with E-state index in [0.717, 1.165) is 56.9 Å². The molecule has 7 heteroatoms. The van der Waals surface area contributed by atoms with E-state index in [1.807, 2.05) is 0 Å². The first kappa shape index (κ1) is 24.4. The van der Waals surface area contributed by atoms with Crippen molar-refractivity contribution in [2.75, 3.05) is 28.4 Å². The monoisotopic (exact) mass is 447 g/mol. The van der Waals surface area contributed by atoms with Gasteiger partial charge in [0.2, 0.25) is 5.75 Å². The van der Waals surface area contributed by atoms with Gasteiger partial charge in [-0.05, 0) is 82.2 Å². The minimum Gasteiger partial charge on any atom is -0.493 e. The van der Waals surface area contributed by atoms with Crippen molar-refractivity contribution in [1.29, 1.82) is 0 Å². The molecule has 0 radical (unpaired) electrons. The van der Waals surface area contributed by atoms with Gasteiger partial charge in [-0.25, -0.2) is 4.79 Å². The normalized spacial score (nSPS) is 26.2. The van der Waals surface area contributed by atoms with Gasteiger partial charge in [0.1, 0.15) is 6.10 Å². The third-order valence-electron chi connectivity index (χ3n) is 6.84. The Balaban J connectivity index is 1.49. The SMILES string of the molecule is COc1cc(/C=C/C(=O)OC2CCC(N(C)C3CCC(O)CC3)CC2)cc(OC)c1OC. The van der Waals surface area contributed by atoms with Crippen LogP contribution in [0.4, 0.5) is 0 Å². The van der Waals surface area contributed by atoms with Crippen LogP contribution in [0, 0.1) is 0 Å². The first-order valence-electron chi connectivity index (χ1n) is 11.5. The summed E-state index contributed by atoms with van der Waals surface area (Å²) in [6, 6.07) is 4.66. The molecular formula is C25H37NO6. The number of nitrogens with zero attached hydrogens (tertiary/aromatic N) is 1. The number of ether oxygens (including phenoxy) is 4. The van der Waals surface area contributed by atoms with Gasteiger partial charge in [-0.1, -0.05) is 0 Å². The highest BCUT2D eigenvalue weighted by Gasteiger charge is 2.31. The molecule has 0 amide bonds. The zero-order valence-electron chi connectivity index (χ0n) is 19.7. The maximum absolute atomic E-state index is 12.4. The largest absolute Gasteiger partial charge is 0.493 e. The van der Waals surface area contributed by atoms with Crippen LogP contribution in [0.25, 0.3) is 6.08 Å². The number of aliphatic hydroxyl groups is 1. The van der Waals surface area contributed by atoms with Gasteiger partial charge >= 0.3 is 5.97 Å². The lowest BCUT2D eigenvalue weighted by Gasteiger charge is -2.41. The summed E-state index contributed by atoms with van der Waals surface area (Å²) in [5.41, 5.74) is 0.763. The van der Waals surface area contributed by atoms with Crippen LogP contribution in [0.5, 0.6) is 17.2 Å². The molecule has 1 N–H and O–H groups in total. The smallest absolute Gasteiger partial charge is 0.331 e. The maximum Gasteiger partial charge on any atom is 0.331 e. The second kappa shape index (κ2) is 11.6.